The van der Waals surface area contributed by atoms with Crippen molar-refractivity contribution in [3.05, 3.63) is 95.2 Å². The molecule has 0 fully saturated rings. The minimum absolute atomic E-state index is 0.0331. The van der Waals surface area contributed by atoms with E-state index in [-0.39, 0.29) is 11.3 Å². The lowest BCUT2D eigenvalue weighted by atomic mass is 10.1. The Balaban J connectivity index is 1.66. The quantitative estimate of drug-likeness (QED) is 0.544. The van der Waals surface area contributed by atoms with Gasteiger partial charge in [-0.05, 0) is 60.5 Å². The van der Waals surface area contributed by atoms with Gasteiger partial charge in [0, 0.05) is 23.5 Å². The fourth-order valence-electron chi connectivity index (χ4n) is 2.64. The molecule has 31 heavy (non-hydrogen) atoms. The van der Waals surface area contributed by atoms with E-state index in [1.807, 2.05) is 13.0 Å². The summed E-state index contributed by atoms with van der Waals surface area (Å²) in [5.74, 6) is -0.549. The third kappa shape index (κ3) is 6.27. The first kappa shape index (κ1) is 21.8. The number of carbonyl (C=O) groups is 2. The molecular formula is C23H18F3N3O2. The maximum Gasteiger partial charge on any atom is 0.416 e. The van der Waals surface area contributed by atoms with Gasteiger partial charge in [0.15, 0.2) is 0 Å². The molecule has 0 saturated heterocycles. The summed E-state index contributed by atoms with van der Waals surface area (Å²) in [7, 11) is 0. The molecular weight excluding hydrogens is 407 g/mol. The standard InChI is InChI=1S/C23H18F3N3O2/c1-15-8-10-20(27-14-15)29-21(30)11-9-16-4-2-5-17(12-16)22(31)28-19-7-3-6-18(13-19)23(24,25)26/h2-14H,1H3,(H,28,31)(H,27,29,30)/b11-9+. The fourth-order valence-corrected chi connectivity index (χ4v) is 2.64. The van der Waals surface area contributed by atoms with Gasteiger partial charge in [0.25, 0.3) is 5.91 Å². The maximum absolute atomic E-state index is 12.8. The molecule has 0 atom stereocenters. The maximum atomic E-state index is 12.8. The number of hydrogen-bond donors (Lipinski definition) is 2. The molecule has 0 spiro atoms. The number of hydrogen-bond acceptors (Lipinski definition) is 3. The minimum Gasteiger partial charge on any atom is -0.322 e. The molecule has 158 valence electrons. The van der Waals surface area contributed by atoms with Crippen LogP contribution in [0, 0.1) is 6.92 Å². The molecule has 3 aromatic rings. The number of pyridine rings is 1. The van der Waals surface area contributed by atoms with Crippen LogP contribution in [0.2, 0.25) is 0 Å². The number of anilines is 2. The van der Waals surface area contributed by atoms with E-state index in [4.69, 9.17) is 0 Å². The van der Waals surface area contributed by atoms with Crippen molar-refractivity contribution >= 4 is 29.4 Å². The van der Waals surface area contributed by atoms with E-state index in [0.717, 1.165) is 17.7 Å². The number of carbonyl (C=O) groups excluding carboxylic acids is 2. The largest absolute Gasteiger partial charge is 0.416 e. The highest BCUT2D eigenvalue weighted by atomic mass is 19.4. The number of nitrogens with zero attached hydrogens (tertiary/aromatic N) is 1. The molecule has 3 rings (SSSR count). The van der Waals surface area contributed by atoms with Crippen LogP contribution in [0.1, 0.15) is 27.0 Å². The molecule has 0 bridgehead atoms. The van der Waals surface area contributed by atoms with Gasteiger partial charge in [-0.25, -0.2) is 4.98 Å². The molecule has 2 aromatic carbocycles. The number of nitrogens with one attached hydrogen (secondary N) is 2. The molecule has 0 unspecified atom stereocenters. The third-order valence-electron chi connectivity index (χ3n) is 4.19. The highest BCUT2D eigenvalue weighted by Gasteiger charge is 2.30. The van der Waals surface area contributed by atoms with E-state index in [9.17, 15) is 22.8 Å². The topological polar surface area (TPSA) is 71.1 Å². The van der Waals surface area contributed by atoms with Gasteiger partial charge in [0.1, 0.15) is 5.82 Å². The lowest BCUT2D eigenvalue weighted by Gasteiger charge is -2.10. The Morgan fingerprint density at radius 3 is 2.45 bits per heavy atom. The Labute approximate surface area is 176 Å². The highest BCUT2D eigenvalue weighted by Crippen LogP contribution is 2.30. The van der Waals surface area contributed by atoms with Crippen molar-refractivity contribution in [1.29, 1.82) is 0 Å². The van der Waals surface area contributed by atoms with Crippen LogP contribution < -0.4 is 10.6 Å². The zero-order valence-corrected chi connectivity index (χ0v) is 16.4. The summed E-state index contributed by atoms with van der Waals surface area (Å²) in [5.41, 5.74) is 0.958. The predicted molar refractivity (Wildman–Crippen MR) is 112 cm³/mol. The number of halogens is 3. The van der Waals surface area contributed by atoms with E-state index >= 15 is 0 Å². The Kier molecular flexibility index (Phi) is 6.49. The molecule has 8 heteroatoms. The lowest BCUT2D eigenvalue weighted by Crippen LogP contribution is -2.13. The number of amides is 2. The first-order chi connectivity index (χ1) is 14.7. The summed E-state index contributed by atoms with van der Waals surface area (Å²) < 4.78 is 38.5. The molecule has 1 heterocycles. The van der Waals surface area contributed by atoms with Crippen molar-refractivity contribution < 1.29 is 22.8 Å². The van der Waals surface area contributed by atoms with Gasteiger partial charge in [0.05, 0.1) is 5.56 Å². The Morgan fingerprint density at radius 2 is 1.74 bits per heavy atom. The molecule has 0 saturated carbocycles. The summed E-state index contributed by atoms with van der Waals surface area (Å²) in [6.45, 7) is 1.88. The van der Waals surface area contributed by atoms with Gasteiger partial charge in [0.2, 0.25) is 5.91 Å². The monoisotopic (exact) mass is 425 g/mol. The molecule has 5 nitrogen and oxygen atoms in total. The minimum atomic E-state index is -4.50. The van der Waals surface area contributed by atoms with Crippen LogP contribution in [-0.4, -0.2) is 16.8 Å². The van der Waals surface area contributed by atoms with Gasteiger partial charge < -0.3 is 10.6 Å². The van der Waals surface area contributed by atoms with Crippen LogP contribution in [0.15, 0.2) is 72.9 Å². The number of alkyl halides is 3. The van der Waals surface area contributed by atoms with Crippen LogP contribution in [0.4, 0.5) is 24.7 Å². The van der Waals surface area contributed by atoms with Crippen LogP contribution >= 0.6 is 0 Å². The van der Waals surface area contributed by atoms with Crippen LogP contribution in [-0.2, 0) is 11.0 Å². The second kappa shape index (κ2) is 9.25. The average Bonchev–Trinajstić information content (AvgIpc) is 2.74. The van der Waals surface area contributed by atoms with Gasteiger partial charge >= 0.3 is 6.18 Å². The Bertz CT molecular complexity index is 1120. The van der Waals surface area contributed by atoms with Crippen molar-refractivity contribution in [2.24, 2.45) is 0 Å². The second-order valence-corrected chi connectivity index (χ2v) is 6.70. The zero-order valence-electron chi connectivity index (χ0n) is 16.4. The molecule has 0 aliphatic carbocycles. The summed E-state index contributed by atoms with van der Waals surface area (Å²) in [4.78, 5) is 28.5. The Morgan fingerprint density at radius 1 is 0.968 bits per heavy atom. The molecule has 0 aliphatic rings. The first-order valence-electron chi connectivity index (χ1n) is 9.21. The summed E-state index contributed by atoms with van der Waals surface area (Å²) in [6, 6.07) is 14.2. The molecule has 1 aromatic heterocycles. The summed E-state index contributed by atoms with van der Waals surface area (Å²) >= 11 is 0. The normalized spacial score (nSPS) is 11.4. The molecule has 2 N–H and O–H groups in total. The molecule has 2 amide bonds. The smallest absolute Gasteiger partial charge is 0.322 e. The van der Waals surface area contributed by atoms with Crippen LogP contribution in [0.5, 0.6) is 0 Å². The van der Waals surface area contributed by atoms with Crippen LogP contribution in [0.25, 0.3) is 6.08 Å². The van der Waals surface area contributed by atoms with Gasteiger partial charge in [-0.15, -0.1) is 0 Å². The molecule has 0 aliphatic heterocycles. The van der Waals surface area contributed by atoms with E-state index < -0.39 is 23.6 Å². The second-order valence-electron chi connectivity index (χ2n) is 6.70. The highest BCUT2D eigenvalue weighted by molar-refractivity contribution is 6.05. The predicted octanol–water partition coefficient (Wildman–Crippen LogP) is 5.31. The zero-order chi connectivity index (χ0) is 22.4. The SMILES string of the molecule is Cc1ccc(NC(=O)/C=C/c2cccc(C(=O)Nc3cccc(C(F)(F)F)c3)c2)nc1. The van der Waals surface area contributed by atoms with Gasteiger partial charge in [-0.1, -0.05) is 24.3 Å². The van der Waals surface area contributed by atoms with Crippen LogP contribution in [0.3, 0.4) is 0 Å². The van der Waals surface area contributed by atoms with Gasteiger partial charge in [-0.2, -0.15) is 13.2 Å². The number of aromatic nitrogens is 1. The summed E-state index contributed by atoms with van der Waals surface area (Å²) in [6.07, 6.45) is -0.0537. The van der Waals surface area contributed by atoms with Crippen molar-refractivity contribution in [2.75, 3.05) is 10.6 Å². The fraction of sp³-hybridized carbons (Fsp3) is 0.0870. The van der Waals surface area contributed by atoms with Gasteiger partial charge in [-0.3, -0.25) is 9.59 Å². The van der Waals surface area contributed by atoms with Crippen molar-refractivity contribution in [3.63, 3.8) is 0 Å². The molecule has 0 radical (unpaired) electrons. The number of benzene rings is 2. The van der Waals surface area contributed by atoms with E-state index in [2.05, 4.69) is 15.6 Å². The number of aryl methyl sites for hydroxylation is 1. The number of rotatable bonds is 5. The van der Waals surface area contributed by atoms with E-state index in [1.54, 1.807) is 24.4 Å². The average molecular weight is 425 g/mol. The van der Waals surface area contributed by atoms with Crippen molar-refractivity contribution in [3.8, 4) is 0 Å². The van der Waals surface area contributed by atoms with E-state index in [0.29, 0.717) is 11.4 Å². The van der Waals surface area contributed by atoms with Crippen molar-refractivity contribution in [2.45, 2.75) is 13.1 Å². The Hall–Kier alpha value is -3.94. The van der Waals surface area contributed by atoms with Crippen molar-refractivity contribution in [1.82, 2.24) is 4.98 Å². The lowest BCUT2D eigenvalue weighted by molar-refractivity contribution is -0.137. The van der Waals surface area contributed by atoms with E-state index in [1.165, 1.54) is 36.4 Å². The first-order valence-corrected chi connectivity index (χ1v) is 9.21. The summed E-state index contributed by atoms with van der Waals surface area (Å²) in [5, 5.41) is 5.07. The third-order valence-corrected chi connectivity index (χ3v) is 4.19.